The number of nitrogens with zero attached hydrogens (tertiary/aromatic N) is 3. The molecule has 1 saturated heterocycles. The van der Waals surface area contributed by atoms with Crippen LogP contribution in [0.15, 0.2) is 66.9 Å². The predicted octanol–water partition coefficient (Wildman–Crippen LogP) is 6.05. The van der Waals surface area contributed by atoms with E-state index in [0.717, 1.165) is 58.3 Å². The SMILES string of the molecule is C[C@H](Nc1nccc(-c2sc(C3CCNCC3)nc2-c2cccc(F)c2)n1)c1ccccc1. The molecule has 1 aliphatic heterocycles. The topological polar surface area (TPSA) is 62.7 Å². The Hall–Kier alpha value is -3.16. The molecule has 168 valence electrons. The number of thiazole rings is 1. The highest BCUT2D eigenvalue weighted by molar-refractivity contribution is 7.15. The first-order valence-electron chi connectivity index (χ1n) is 11.3. The summed E-state index contributed by atoms with van der Waals surface area (Å²) in [5.41, 5.74) is 3.52. The number of hydrogen-bond acceptors (Lipinski definition) is 6. The van der Waals surface area contributed by atoms with Crippen LogP contribution in [0, 0.1) is 5.82 Å². The number of anilines is 1. The molecule has 5 nitrogen and oxygen atoms in total. The van der Waals surface area contributed by atoms with E-state index in [1.54, 1.807) is 29.7 Å². The van der Waals surface area contributed by atoms with Crippen molar-refractivity contribution in [1.29, 1.82) is 0 Å². The lowest BCUT2D eigenvalue weighted by molar-refractivity contribution is 0.459. The van der Waals surface area contributed by atoms with Crippen molar-refractivity contribution in [2.45, 2.75) is 31.7 Å². The summed E-state index contributed by atoms with van der Waals surface area (Å²) in [6, 6.07) is 18.8. The van der Waals surface area contributed by atoms with Crippen LogP contribution in [0.2, 0.25) is 0 Å². The number of piperidine rings is 1. The highest BCUT2D eigenvalue weighted by atomic mass is 32.1. The summed E-state index contributed by atoms with van der Waals surface area (Å²) in [4.78, 5) is 15.2. The van der Waals surface area contributed by atoms with Crippen molar-refractivity contribution in [2.24, 2.45) is 0 Å². The van der Waals surface area contributed by atoms with Gasteiger partial charge in [-0.15, -0.1) is 11.3 Å². The first-order chi connectivity index (χ1) is 16.2. The second kappa shape index (κ2) is 9.77. The maximum Gasteiger partial charge on any atom is 0.223 e. The van der Waals surface area contributed by atoms with Crippen LogP contribution in [0.1, 0.15) is 42.3 Å². The molecular weight excluding hydrogens is 433 g/mol. The van der Waals surface area contributed by atoms with Gasteiger partial charge < -0.3 is 10.6 Å². The van der Waals surface area contributed by atoms with E-state index in [1.807, 2.05) is 30.3 Å². The second-order valence-corrected chi connectivity index (χ2v) is 9.34. The monoisotopic (exact) mass is 459 g/mol. The van der Waals surface area contributed by atoms with E-state index in [9.17, 15) is 4.39 Å². The molecule has 7 heteroatoms. The van der Waals surface area contributed by atoms with Crippen molar-refractivity contribution in [2.75, 3.05) is 18.4 Å². The molecule has 33 heavy (non-hydrogen) atoms. The van der Waals surface area contributed by atoms with Crippen molar-refractivity contribution in [3.63, 3.8) is 0 Å². The molecule has 0 saturated carbocycles. The average Bonchev–Trinajstić information content (AvgIpc) is 3.31. The summed E-state index contributed by atoms with van der Waals surface area (Å²) in [6.45, 7) is 4.08. The highest BCUT2D eigenvalue weighted by Crippen LogP contribution is 2.40. The summed E-state index contributed by atoms with van der Waals surface area (Å²) < 4.78 is 14.0. The Morgan fingerprint density at radius 1 is 1.03 bits per heavy atom. The van der Waals surface area contributed by atoms with Gasteiger partial charge in [0, 0.05) is 17.7 Å². The van der Waals surface area contributed by atoms with E-state index >= 15 is 0 Å². The quantitative estimate of drug-likeness (QED) is 0.368. The molecule has 2 N–H and O–H groups in total. The minimum absolute atomic E-state index is 0.0656. The number of rotatable bonds is 6. The van der Waals surface area contributed by atoms with Gasteiger partial charge in [0.2, 0.25) is 5.95 Å². The molecule has 0 bridgehead atoms. The fraction of sp³-hybridized carbons (Fsp3) is 0.269. The molecule has 0 radical (unpaired) electrons. The Balaban J connectivity index is 1.51. The third-order valence-electron chi connectivity index (χ3n) is 5.96. The molecule has 1 fully saturated rings. The highest BCUT2D eigenvalue weighted by Gasteiger charge is 2.23. The van der Waals surface area contributed by atoms with Crippen LogP contribution in [0.4, 0.5) is 10.3 Å². The molecule has 3 heterocycles. The molecule has 0 amide bonds. The first-order valence-corrected chi connectivity index (χ1v) is 12.1. The summed E-state index contributed by atoms with van der Waals surface area (Å²) >= 11 is 1.66. The van der Waals surface area contributed by atoms with Gasteiger partial charge >= 0.3 is 0 Å². The van der Waals surface area contributed by atoms with Gasteiger partial charge in [-0.25, -0.2) is 19.3 Å². The minimum Gasteiger partial charge on any atom is -0.348 e. The molecule has 0 unspecified atom stereocenters. The van der Waals surface area contributed by atoms with E-state index in [1.165, 1.54) is 6.07 Å². The molecule has 1 atom stereocenters. The number of hydrogen-bond donors (Lipinski definition) is 2. The standard InChI is InChI=1S/C26H26FN5S/c1-17(18-6-3-2-4-7-18)30-26-29-15-12-22(31-26)24-23(20-8-5-9-21(27)16-20)32-25(33-24)19-10-13-28-14-11-19/h2-9,12,15-17,19,28H,10-11,13-14H2,1H3,(H,29,30,31)/t17-/m0/s1. The molecule has 0 spiro atoms. The molecule has 2 aromatic carbocycles. The zero-order chi connectivity index (χ0) is 22.6. The lowest BCUT2D eigenvalue weighted by Gasteiger charge is -2.20. The van der Waals surface area contributed by atoms with Crippen molar-refractivity contribution in [3.05, 3.63) is 83.2 Å². The van der Waals surface area contributed by atoms with Crippen LogP contribution in [0.3, 0.4) is 0 Å². The Labute approximate surface area is 197 Å². The molecular formula is C26H26FN5S. The van der Waals surface area contributed by atoms with E-state index in [2.05, 4.69) is 34.7 Å². The van der Waals surface area contributed by atoms with Crippen LogP contribution in [-0.2, 0) is 0 Å². The fourth-order valence-corrected chi connectivity index (χ4v) is 5.39. The Morgan fingerprint density at radius 2 is 1.85 bits per heavy atom. The van der Waals surface area contributed by atoms with E-state index in [-0.39, 0.29) is 11.9 Å². The van der Waals surface area contributed by atoms with Crippen LogP contribution in [-0.4, -0.2) is 28.0 Å². The lowest BCUT2D eigenvalue weighted by atomic mass is 9.99. The first kappa shape index (κ1) is 21.7. The van der Waals surface area contributed by atoms with E-state index < -0.39 is 0 Å². The Bertz CT molecular complexity index is 1220. The largest absolute Gasteiger partial charge is 0.348 e. The number of halogens is 1. The maximum absolute atomic E-state index is 14.0. The van der Waals surface area contributed by atoms with Gasteiger partial charge in [-0.2, -0.15) is 0 Å². The van der Waals surface area contributed by atoms with Gasteiger partial charge in [0.25, 0.3) is 0 Å². The lowest BCUT2D eigenvalue weighted by Crippen LogP contribution is -2.26. The van der Waals surface area contributed by atoms with E-state index in [0.29, 0.717) is 11.9 Å². The maximum atomic E-state index is 14.0. The Morgan fingerprint density at radius 3 is 2.64 bits per heavy atom. The van der Waals surface area contributed by atoms with Gasteiger partial charge in [-0.1, -0.05) is 42.5 Å². The van der Waals surface area contributed by atoms with Crippen LogP contribution in [0.25, 0.3) is 21.8 Å². The third-order valence-corrected chi connectivity index (χ3v) is 7.20. The number of nitrogens with one attached hydrogen (secondary N) is 2. The average molecular weight is 460 g/mol. The zero-order valence-corrected chi connectivity index (χ0v) is 19.3. The Kier molecular flexibility index (Phi) is 6.41. The van der Waals surface area contributed by atoms with Gasteiger partial charge in [0.15, 0.2) is 0 Å². The van der Waals surface area contributed by atoms with Gasteiger partial charge in [0.05, 0.1) is 27.3 Å². The molecule has 0 aliphatic carbocycles. The van der Waals surface area contributed by atoms with Crippen molar-refractivity contribution < 1.29 is 4.39 Å². The fourth-order valence-electron chi connectivity index (χ4n) is 4.16. The van der Waals surface area contributed by atoms with Crippen LogP contribution in [0.5, 0.6) is 0 Å². The van der Waals surface area contributed by atoms with Gasteiger partial charge in [-0.3, -0.25) is 0 Å². The van der Waals surface area contributed by atoms with Crippen LogP contribution < -0.4 is 10.6 Å². The normalized spacial score (nSPS) is 15.3. The second-order valence-electron chi connectivity index (χ2n) is 8.31. The van der Waals surface area contributed by atoms with Gasteiger partial charge in [-0.05, 0) is 56.6 Å². The predicted molar refractivity (Wildman–Crippen MR) is 132 cm³/mol. The zero-order valence-electron chi connectivity index (χ0n) is 18.5. The van der Waals surface area contributed by atoms with E-state index in [4.69, 9.17) is 9.97 Å². The summed E-state index contributed by atoms with van der Waals surface area (Å²) in [5.74, 6) is 0.706. The summed E-state index contributed by atoms with van der Waals surface area (Å²) in [5, 5.41) is 7.91. The van der Waals surface area contributed by atoms with Crippen LogP contribution >= 0.6 is 11.3 Å². The molecule has 4 aromatic rings. The van der Waals surface area contributed by atoms with Crippen molar-refractivity contribution in [1.82, 2.24) is 20.3 Å². The number of benzene rings is 2. The molecule has 5 rings (SSSR count). The van der Waals surface area contributed by atoms with Gasteiger partial charge in [0.1, 0.15) is 5.82 Å². The third kappa shape index (κ3) is 4.94. The summed E-state index contributed by atoms with van der Waals surface area (Å²) in [6.07, 6.45) is 3.88. The van der Waals surface area contributed by atoms with Crippen molar-refractivity contribution >= 4 is 17.3 Å². The van der Waals surface area contributed by atoms with Crippen molar-refractivity contribution in [3.8, 4) is 21.8 Å². The molecule has 1 aliphatic rings. The number of aromatic nitrogens is 3. The molecule has 2 aromatic heterocycles. The minimum atomic E-state index is -0.267. The smallest absolute Gasteiger partial charge is 0.223 e. The summed E-state index contributed by atoms with van der Waals surface area (Å²) in [7, 11) is 0.